The number of likely N-dealkylation sites (N-methyl/N-ethyl adjacent to an activating group) is 1. The molecule has 0 unspecified atom stereocenters. The summed E-state index contributed by atoms with van der Waals surface area (Å²) in [5.74, 6) is 0.727. The number of hydrogen-bond donors (Lipinski definition) is 1. The molecule has 1 fully saturated rings. The highest BCUT2D eigenvalue weighted by molar-refractivity contribution is 9.11. The molecule has 0 bridgehead atoms. The van der Waals surface area contributed by atoms with Crippen molar-refractivity contribution in [3.05, 3.63) is 11.2 Å². The Hall–Kier alpha value is -1.04. The molecule has 19 heavy (non-hydrogen) atoms. The highest BCUT2D eigenvalue weighted by Crippen LogP contribution is 2.22. The van der Waals surface area contributed by atoms with Gasteiger partial charge in [-0.2, -0.15) is 0 Å². The first-order chi connectivity index (χ1) is 8.74. The molecule has 1 amide bonds. The smallest absolute Gasteiger partial charge is 0.410 e. The lowest BCUT2D eigenvalue weighted by Gasteiger charge is -2.29. The molecule has 0 aromatic carbocycles. The van der Waals surface area contributed by atoms with Crippen molar-refractivity contribution >= 4 is 27.9 Å². The van der Waals surface area contributed by atoms with Gasteiger partial charge in [0.2, 0.25) is 0 Å². The molecule has 0 saturated carbocycles. The molecule has 1 heterocycles. The average Bonchev–Trinajstić information content (AvgIpc) is 2.71. The molecule has 0 spiro atoms. The fraction of sp³-hybridized carbons (Fsp3) is 0.692. The Labute approximate surface area is 123 Å². The van der Waals surface area contributed by atoms with Gasteiger partial charge in [0.25, 0.3) is 0 Å². The Balaban J connectivity index is 2.84. The number of aliphatic imine (C=N–C) groups is 1. The van der Waals surface area contributed by atoms with Crippen LogP contribution in [0.15, 0.2) is 16.2 Å². The van der Waals surface area contributed by atoms with Crippen molar-refractivity contribution in [1.29, 1.82) is 0 Å². The van der Waals surface area contributed by atoms with Crippen LogP contribution in [0.3, 0.4) is 0 Å². The highest BCUT2D eigenvalue weighted by atomic mass is 79.9. The van der Waals surface area contributed by atoms with Gasteiger partial charge in [-0.1, -0.05) is 6.58 Å². The van der Waals surface area contributed by atoms with Crippen molar-refractivity contribution in [3.8, 4) is 0 Å². The van der Waals surface area contributed by atoms with Gasteiger partial charge in [-0.05, 0) is 49.5 Å². The summed E-state index contributed by atoms with van der Waals surface area (Å²) in [6, 6.07) is -0.0749. The number of amidine groups is 1. The van der Waals surface area contributed by atoms with Gasteiger partial charge in [0.15, 0.2) is 0 Å². The van der Waals surface area contributed by atoms with Gasteiger partial charge in [0.1, 0.15) is 16.0 Å². The molecule has 1 rings (SSSR count). The third kappa shape index (κ3) is 4.86. The molecule has 6 heteroatoms. The number of rotatable bonds is 2. The van der Waals surface area contributed by atoms with Crippen LogP contribution in [-0.2, 0) is 4.74 Å². The summed E-state index contributed by atoms with van der Waals surface area (Å²) in [6.45, 7) is 9.98. The predicted molar refractivity (Wildman–Crippen MR) is 80.5 cm³/mol. The zero-order chi connectivity index (χ0) is 14.6. The minimum absolute atomic E-state index is 0.0749. The first kappa shape index (κ1) is 16.0. The highest BCUT2D eigenvalue weighted by Gasteiger charge is 2.35. The molecule has 1 N–H and O–H groups in total. The van der Waals surface area contributed by atoms with Crippen molar-refractivity contribution in [2.24, 2.45) is 4.99 Å². The largest absolute Gasteiger partial charge is 0.444 e. The van der Waals surface area contributed by atoms with Crippen LogP contribution in [0.1, 0.15) is 33.6 Å². The molecule has 5 nitrogen and oxygen atoms in total. The van der Waals surface area contributed by atoms with E-state index < -0.39 is 5.60 Å². The van der Waals surface area contributed by atoms with E-state index in [0.29, 0.717) is 11.2 Å². The van der Waals surface area contributed by atoms with Crippen LogP contribution in [0, 0.1) is 0 Å². The zero-order valence-electron chi connectivity index (χ0n) is 12.0. The fourth-order valence-corrected chi connectivity index (χ4v) is 2.21. The summed E-state index contributed by atoms with van der Waals surface area (Å²) < 4.78 is 5.96. The van der Waals surface area contributed by atoms with E-state index in [0.717, 1.165) is 18.7 Å². The summed E-state index contributed by atoms with van der Waals surface area (Å²) in [5.41, 5.74) is -0.486. The predicted octanol–water partition coefficient (Wildman–Crippen LogP) is 2.87. The van der Waals surface area contributed by atoms with E-state index in [4.69, 9.17) is 4.74 Å². The second kappa shape index (κ2) is 6.41. The third-order valence-electron chi connectivity index (χ3n) is 2.69. The molecule has 1 aliphatic rings. The lowest BCUT2D eigenvalue weighted by atomic mass is 10.2. The van der Waals surface area contributed by atoms with Crippen molar-refractivity contribution in [3.63, 3.8) is 0 Å². The number of carbonyl (C=O) groups excluding carboxylic acids is 1. The van der Waals surface area contributed by atoms with Gasteiger partial charge in [-0.3, -0.25) is 4.90 Å². The molecule has 1 saturated heterocycles. The minimum Gasteiger partial charge on any atom is -0.444 e. The Morgan fingerprint density at radius 3 is 2.63 bits per heavy atom. The Bertz CT molecular complexity index is 388. The number of nitrogens with one attached hydrogen (secondary N) is 1. The van der Waals surface area contributed by atoms with Crippen LogP contribution in [0.4, 0.5) is 4.79 Å². The van der Waals surface area contributed by atoms with Crippen LogP contribution in [0.5, 0.6) is 0 Å². The van der Waals surface area contributed by atoms with Crippen LogP contribution >= 0.6 is 15.9 Å². The van der Waals surface area contributed by atoms with Crippen molar-refractivity contribution < 1.29 is 9.53 Å². The number of ether oxygens (including phenoxy) is 1. The van der Waals surface area contributed by atoms with E-state index in [2.05, 4.69) is 32.8 Å². The second-order valence-corrected chi connectivity index (χ2v) is 6.37. The van der Waals surface area contributed by atoms with E-state index >= 15 is 0 Å². The van der Waals surface area contributed by atoms with Crippen LogP contribution < -0.4 is 5.32 Å². The summed E-state index contributed by atoms with van der Waals surface area (Å²) >= 11 is 3.21. The number of amides is 1. The molecule has 1 aliphatic heterocycles. The van der Waals surface area contributed by atoms with Gasteiger partial charge >= 0.3 is 6.09 Å². The lowest BCUT2D eigenvalue weighted by Crippen LogP contribution is -2.46. The van der Waals surface area contributed by atoms with E-state index in [-0.39, 0.29) is 12.1 Å². The van der Waals surface area contributed by atoms with Gasteiger partial charge in [0, 0.05) is 13.6 Å². The maximum atomic E-state index is 12.2. The first-order valence-corrected chi connectivity index (χ1v) is 7.14. The summed E-state index contributed by atoms with van der Waals surface area (Å²) in [5, 5.41) is 3.03. The number of halogens is 1. The number of carbonyl (C=O) groups is 1. The summed E-state index contributed by atoms with van der Waals surface area (Å²) in [6.07, 6.45) is 1.52. The van der Waals surface area contributed by atoms with E-state index in [9.17, 15) is 4.79 Å². The maximum absolute atomic E-state index is 12.2. The monoisotopic (exact) mass is 331 g/mol. The Morgan fingerprint density at radius 2 is 2.16 bits per heavy atom. The molecule has 108 valence electrons. The van der Waals surface area contributed by atoms with Crippen LogP contribution in [0.25, 0.3) is 0 Å². The number of nitrogens with zero attached hydrogens (tertiary/aromatic N) is 2. The third-order valence-corrected chi connectivity index (χ3v) is 2.87. The Morgan fingerprint density at radius 1 is 1.53 bits per heavy atom. The normalized spacial score (nSPS) is 20.4. The van der Waals surface area contributed by atoms with Gasteiger partial charge in [0.05, 0.1) is 6.04 Å². The quantitative estimate of drug-likeness (QED) is 0.481. The Kier molecular flexibility index (Phi) is 5.40. The number of hydrogen-bond acceptors (Lipinski definition) is 3. The molecule has 0 aromatic rings. The SMILES string of the molecule is C=C(Br)/N=C(\NC)[C@@H]1CCCN1C(=O)OC(C)(C)C. The van der Waals surface area contributed by atoms with E-state index in [1.54, 1.807) is 11.9 Å². The van der Waals surface area contributed by atoms with Gasteiger partial charge < -0.3 is 10.1 Å². The standard InChI is InChI=1S/C13H22BrN3O2/c1-9(14)16-11(15-5)10-7-6-8-17(10)12(18)19-13(2,3)4/h10H,1,6-8H2,2-5H3,(H,15,16)/t10-/m0/s1. The second-order valence-electron chi connectivity index (χ2n) is 5.46. The average molecular weight is 332 g/mol. The topological polar surface area (TPSA) is 53.9 Å². The van der Waals surface area contributed by atoms with Gasteiger partial charge in [-0.25, -0.2) is 9.79 Å². The van der Waals surface area contributed by atoms with E-state index in [1.807, 2.05) is 20.8 Å². The first-order valence-electron chi connectivity index (χ1n) is 6.35. The fourth-order valence-electron chi connectivity index (χ4n) is 2.02. The van der Waals surface area contributed by atoms with E-state index in [1.165, 1.54) is 0 Å². The van der Waals surface area contributed by atoms with Crippen molar-refractivity contribution in [1.82, 2.24) is 10.2 Å². The summed E-state index contributed by atoms with van der Waals surface area (Å²) in [7, 11) is 1.79. The van der Waals surface area contributed by atoms with Crippen LogP contribution in [0.2, 0.25) is 0 Å². The summed E-state index contributed by atoms with van der Waals surface area (Å²) in [4.78, 5) is 18.2. The molecule has 1 atom stereocenters. The molecular formula is C13H22BrN3O2. The maximum Gasteiger partial charge on any atom is 0.410 e. The molecule has 0 radical (unpaired) electrons. The molecule has 0 aromatic heterocycles. The van der Waals surface area contributed by atoms with Gasteiger partial charge in [-0.15, -0.1) is 0 Å². The lowest BCUT2D eigenvalue weighted by molar-refractivity contribution is 0.0264. The molecular weight excluding hydrogens is 310 g/mol. The molecule has 0 aliphatic carbocycles. The minimum atomic E-state index is -0.486. The zero-order valence-corrected chi connectivity index (χ0v) is 13.6. The van der Waals surface area contributed by atoms with Crippen molar-refractivity contribution in [2.75, 3.05) is 13.6 Å². The van der Waals surface area contributed by atoms with Crippen molar-refractivity contribution in [2.45, 2.75) is 45.3 Å². The number of likely N-dealkylation sites (tertiary alicyclic amines) is 1. The van der Waals surface area contributed by atoms with Crippen LogP contribution in [-0.4, -0.2) is 42.1 Å².